The van der Waals surface area contributed by atoms with Crippen LogP contribution in [0.5, 0.6) is 0 Å². The van der Waals surface area contributed by atoms with Gasteiger partial charge in [0.2, 0.25) is 0 Å². The highest BCUT2D eigenvalue weighted by Crippen LogP contribution is 2.49. The minimum Gasteiger partial charge on any atom is -0.456 e. The Hall–Kier alpha value is -7.08. The maximum absolute atomic E-state index is 6.54. The molecule has 4 nitrogen and oxygen atoms in total. The van der Waals surface area contributed by atoms with Crippen molar-refractivity contribution >= 4 is 65.1 Å². The first-order valence-corrected chi connectivity index (χ1v) is 19.7. The Kier molecular flexibility index (Phi) is 7.71. The van der Waals surface area contributed by atoms with Crippen molar-refractivity contribution < 1.29 is 4.42 Å². The predicted molar refractivity (Wildman–Crippen MR) is 235 cm³/mol. The summed E-state index contributed by atoms with van der Waals surface area (Å²) in [5.74, 6) is 1.50. The highest BCUT2D eigenvalue weighted by atomic mass is 32.1. The van der Waals surface area contributed by atoms with Crippen LogP contribution in [0.4, 0.5) is 0 Å². The van der Waals surface area contributed by atoms with E-state index in [-0.39, 0.29) is 6.17 Å². The third-order valence-electron chi connectivity index (χ3n) is 10.8. The van der Waals surface area contributed by atoms with Gasteiger partial charge in [0.1, 0.15) is 23.2 Å². The number of nitrogens with one attached hydrogen (secondary N) is 1. The highest BCUT2D eigenvalue weighted by molar-refractivity contribution is 7.26. The molecule has 1 N–H and O–H groups in total. The van der Waals surface area contributed by atoms with Crippen LogP contribution in [0.15, 0.2) is 202 Å². The van der Waals surface area contributed by atoms with Gasteiger partial charge in [-0.1, -0.05) is 158 Å². The lowest BCUT2D eigenvalue weighted by atomic mass is 9.88. The molecule has 0 spiro atoms. The molecule has 0 amide bonds. The maximum atomic E-state index is 6.54. The van der Waals surface area contributed by atoms with E-state index in [1.807, 2.05) is 53.8 Å². The Morgan fingerprint density at radius 1 is 0.482 bits per heavy atom. The molecule has 8 aromatic carbocycles. The number of aliphatic imine (C=N–C) groups is 2. The van der Waals surface area contributed by atoms with Gasteiger partial charge >= 0.3 is 0 Å². The van der Waals surface area contributed by atoms with Gasteiger partial charge in [-0.05, 0) is 58.1 Å². The summed E-state index contributed by atoms with van der Waals surface area (Å²) in [6.45, 7) is 0. The van der Waals surface area contributed by atoms with Crippen molar-refractivity contribution in [3.8, 4) is 33.4 Å². The van der Waals surface area contributed by atoms with Gasteiger partial charge in [0.15, 0.2) is 5.84 Å². The number of furan rings is 1. The van der Waals surface area contributed by atoms with E-state index in [1.165, 1.54) is 36.9 Å². The first-order chi connectivity index (χ1) is 27.8. The molecule has 3 heterocycles. The Balaban J connectivity index is 1.14. The standard InChI is InChI=1S/C51H33N3OS/c1-4-15-32(16-5-1)37-27-28-39(48-46(37)41-24-11-13-26-44(41)56-48)38-29-30-43-47(40-23-10-12-25-42(40)55-43)45(38)35-21-14-22-36(31-35)51-53-49(33-17-6-2-7-18-33)52-50(54-51)34-19-8-3-9-20-34/h1-31,51H,(H,52,53,54). The number of thiophene rings is 1. The molecule has 0 saturated heterocycles. The molecule has 1 aliphatic rings. The zero-order chi connectivity index (χ0) is 37.0. The molecule has 10 aromatic rings. The topological polar surface area (TPSA) is 49.9 Å². The molecule has 11 rings (SSSR count). The van der Waals surface area contributed by atoms with Crippen LogP contribution >= 0.6 is 11.3 Å². The molecule has 1 aliphatic heterocycles. The van der Waals surface area contributed by atoms with E-state index in [1.54, 1.807) is 0 Å². The molecule has 0 bridgehead atoms. The molecule has 1 atom stereocenters. The monoisotopic (exact) mass is 735 g/mol. The number of fused-ring (bicyclic) bond motifs is 6. The van der Waals surface area contributed by atoms with Crippen LogP contribution in [0.1, 0.15) is 22.9 Å². The van der Waals surface area contributed by atoms with E-state index < -0.39 is 0 Å². The second-order valence-corrected chi connectivity index (χ2v) is 15.2. The summed E-state index contributed by atoms with van der Waals surface area (Å²) in [6, 6.07) is 66.2. The van der Waals surface area contributed by atoms with Gasteiger partial charge in [-0.15, -0.1) is 11.3 Å². The third kappa shape index (κ3) is 5.44. The first-order valence-electron chi connectivity index (χ1n) is 18.9. The average Bonchev–Trinajstić information content (AvgIpc) is 3.86. The largest absolute Gasteiger partial charge is 0.456 e. The van der Waals surface area contributed by atoms with Crippen LogP contribution in [0.3, 0.4) is 0 Å². The minimum atomic E-state index is -0.360. The van der Waals surface area contributed by atoms with E-state index in [4.69, 9.17) is 14.4 Å². The smallest absolute Gasteiger partial charge is 0.159 e. The van der Waals surface area contributed by atoms with Gasteiger partial charge in [0, 0.05) is 53.2 Å². The lowest BCUT2D eigenvalue weighted by molar-refractivity contribution is 0.669. The number of nitrogens with zero attached hydrogens (tertiary/aromatic N) is 2. The molecule has 0 aliphatic carbocycles. The van der Waals surface area contributed by atoms with Gasteiger partial charge < -0.3 is 9.73 Å². The molecular formula is C51H33N3OS. The zero-order valence-electron chi connectivity index (χ0n) is 30.2. The maximum Gasteiger partial charge on any atom is 0.159 e. The Morgan fingerprint density at radius 2 is 1.12 bits per heavy atom. The van der Waals surface area contributed by atoms with Crippen molar-refractivity contribution in [1.29, 1.82) is 0 Å². The molecule has 5 heteroatoms. The Morgan fingerprint density at radius 3 is 1.93 bits per heavy atom. The summed E-state index contributed by atoms with van der Waals surface area (Å²) in [5.41, 5.74) is 11.8. The molecule has 264 valence electrons. The Bertz CT molecular complexity index is 3160. The molecule has 56 heavy (non-hydrogen) atoms. The van der Waals surface area contributed by atoms with Crippen molar-refractivity contribution in [2.24, 2.45) is 9.98 Å². The molecule has 0 saturated carbocycles. The lowest BCUT2D eigenvalue weighted by Gasteiger charge is -2.24. The van der Waals surface area contributed by atoms with Crippen LogP contribution in [0.2, 0.25) is 0 Å². The van der Waals surface area contributed by atoms with Crippen molar-refractivity contribution in [3.63, 3.8) is 0 Å². The first kappa shape index (κ1) is 32.4. The van der Waals surface area contributed by atoms with Crippen LogP contribution in [0, 0.1) is 0 Å². The third-order valence-corrected chi connectivity index (χ3v) is 12.0. The fraction of sp³-hybridized carbons (Fsp3) is 0.0196. The number of para-hydroxylation sites is 1. The van der Waals surface area contributed by atoms with E-state index in [9.17, 15) is 0 Å². The van der Waals surface area contributed by atoms with Crippen molar-refractivity contribution in [2.45, 2.75) is 6.17 Å². The second-order valence-electron chi connectivity index (χ2n) is 14.1. The van der Waals surface area contributed by atoms with Crippen molar-refractivity contribution in [1.82, 2.24) is 5.32 Å². The molecule has 1 unspecified atom stereocenters. The number of rotatable bonds is 6. The normalized spacial score (nSPS) is 14.2. The number of hydrogen-bond donors (Lipinski definition) is 1. The van der Waals surface area contributed by atoms with Crippen LogP contribution in [0.25, 0.3) is 75.5 Å². The van der Waals surface area contributed by atoms with Crippen molar-refractivity contribution in [3.05, 3.63) is 205 Å². The average molecular weight is 736 g/mol. The summed E-state index contributed by atoms with van der Waals surface area (Å²) in [6.07, 6.45) is -0.360. The predicted octanol–water partition coefficient (Wildman–Crippen LogP) is 13.5. The van der Waals surface area contributed by atoms with Gasteiger partial charge in [0.25, 0.3) is 0 Å². The highest BCUT2D eigenvalue weighted by Gasteiger charge is 2.25. The minimum absolute atomic E-state index is 0.360. The van der Waals surface area contributed by atoms with E-state index in [2.05, 4.69) is 151 Å². The quantitative estimate of drug-likeness (QED) is 0.185. The van der Waals surface area contributed by atoms with E-state index in [0.717, 1.165) is 61.2 Å². The Labute approximate surface area is 327 Å². The number of amidine groups is 2. The SMILES string of the molecule is c1ccc(C2=NC(c3cccc(-c4c(-c5ccc(-c6ccccc6)c6c5sc5ccccc56)ccc5oc6ccccc6c45)c3)NC(c3ccccc3)=N2)cc1. The second kappa shape index (κ2) is 13.3. The van der Waals surface area contributed by atoms with Gasteiger partial charge in [-0.25, -0.2) is 9.98 Å². The van der Waals surface area contributed by atoms with E-state index in [0.29, 0.717) is 5.84 Å². The van der Waals surface area contributed by atoms with Gasteiger partial charge in [0.05, 0.1) is 0 Å². The van der Waals surface area contributed by atoms with Crippen LogP contribution in [-0.4, -0.2) is 11.7 Å². The fourth-order valence-electron chi connectivity index (χ4n) is 8.18. The molecule has 0 radical (unpaired) electrons. The van der Waals surface area contributed by atoms with Gasteiger partial charge in [-0.2, -0.15) is 0 Å². The van der Waals surface area contributed by atoms with Crippen molar-refractivity contribution in [2.75, 3.05) is 0 Å². The molecule has 0 fully saturated rings. The summed E-state index contributed by atoms with van der Waals surface area (Å²) >= 11 is 1.86. The summed E-state index contributed by atoms with van der Waals surface area (Å²) in [4.78, 5) is 10.2. The van der Waals surface area contributed by atoms with Crippen LogP contribution in [-0.2, 0) is 0 Å². The van der Waals surface area contributed by atoms with Crippen LogP contribution < -0.4 is 5.32 Å². The van der Waals surface area contributed by atoms with Gasteiger partial charge in [-0.3, -0.25) is 0 Å². The summed E-state index contributed by atoms with van der Waals surface area (Å²) in [7, 11) is 0. The molecular weight excluding hydrogens is 703 g/mol. The summed E-state index contributed by atoms with van der Waals surface area (Å²) in [5, 5.41) is 8.44. The zero-order valence-corrected chi connectivity index (χ0v) is 31.0. The van der Waals surface area contributed by atoms with E-state index >= 15 is 0 Å². The number of hydrogen-bond acceptors (Lipinski definition) is 5. The fourth-order valence-corrected chi connectivity index (χ4v) is 9.44. The lowest BCUT2D eigenvalue weighted by Crippen LogP contribution is -2.33. The molecule has 2 aromatic heterocycles. The summed E-state index contributed by atoms with van der Waals surface area (Å²) < 4.78 is 9.09. The number of benzene rings is 8.